The summed E-state index contributed by atoms with van der Waals surface area (Å²) >= 11 is 6.06. The minimum atomic E-state index is -3.84. The summed E-state index contributed by atoms with van der Waals surface area (Å²) in [5, 5.41) is 7.44. The Balaban J connectivity index is 1.93. The van der Waals surface area contributed by atoms with E-state index >= 15 is 0 Å². The van der Waals surface area contributed by atoms with Gasteiger partial charge in [0.1, 0.15) is 6.54 Å². The number of primary sulfonamides is 1. The number of hydrogen-bond acceptors (Lipinski definition) is 6. The van der Waals surface area contributed by atoms with Gasteiger partial charge in [-0.3, -0.25) is 23.3 Å². The van der Waals surface area contributed by atoms with Crippen molar-refractivity contribution in [2.75, 3.05) is 5.32 Å². The SMILES string of the molecule is Cn1c(=O)c2c(nc(Cl)n2CC(=O)Nc2ccc(S(N)(=O)=O)cc2)n(C)c1=O. The zero-order valence-electron chi connectivity index (χ0n) is 14.7. The molecule has 0 fully saturated rings. The Bertz CT molecular complexity index is 1320. The van der Waals surface area contributed by atoms with Crippen molar-refractivity contribution >= 4 is 44.4 Å². The van der Waals surface area contributed by atoms with Crippen LogP contribution in [0.3, 0.4) is 0 Å². The number of aromatic nitrogens is 4. The Kier molecular flexibility index (Phi) is 4.87. The minimum absolute atomic E-state index is 0.00863. The molecule has 13 heteroatoms. The number of benzene rings is 1. The molecule has 2 aromatic heterocycles. The molecule has 0 unspecified atom stereocenters. The zero-order valence-corrected chi connectivity index (χ0v) is 16.3. The van der Waals surface area contributed by atoms with Crippen LogP contribution in [-0.2, 0) is 35.5 Å². The number of nitrogens with two attached hydrogens (primary N) is 1. The van der Waals surface area contributed by atoms with E-state index in [1.165, 1.54) is 42.9 Å². The number of amides is 1. The second-order valence-electron chi connectivity index (χ2n) is 5.96. The van der Waals surface area contributed by atoms with Gasteiger partial charge in [-0.05, 0) is 35.9 Å². The van der Waals surface area contributed by atoms with E-state index in [-0.39, 0.29) is 27.9 Å². The lowest BCUT2D eigenvalue weighted by atomic mass is 10.3. The summed E-state index contributed by atoms with van der Waals surface area (Å²) in [5.41, 5.74) is -0.822. The predicted molar refractivity (Wildman–Crippen MR) is 102 cm³/mol. The molecular formula is C15H15ClN6O5S. The van der Waals surface area contributed by atoms with Gasteiger partial charge in [-0.25, -0.2) is 18.4 Å². The highest BCUT2D eigenvalue weighted by molar-refractivity contribution is 7.89. The van der Waals surface area contributed by atoms with Gasteiger partial charge >= 0.3 is 5.69 Å². The van der Waals surface area contributed by atoms with Crippen LogP contribution >= 0.6 is 11.6 Å². The Morgan fingerprint density at radius 3 is 2.36 bits per heavy atom. The number of carbonyl (C=O) groups excluding carboxylic acids is 1. The molecule has 0 saturated heterocycles. The summed E-state index contributed by atoms with van der Waals surface area (Å²) in [5.74, 6) is -0.541. The van der Waals surface area contributed by atoms with Crippen LogP contribution in [0.5, 0.6) is 0 Å². The van der Waals surface area contributed by atoms with E-state index in [4.69, 9.17) is 16.7 Å². The normalized spacial score (nSPS) is 11.7. The molecule has 11 nitrogen and oxygen atoms in total. The first kappa shape index (κ1) is 19.8. The number of sulfonamides is 1. The van der Waals surface area contributed by atoms with Crippen LogP contribution in [0.15, 0.2) is 38.8 Å². The predicted octanol–water partition coefficient (Wildman–Crippen LogP) is -0.627. The zero-order chi connectivity index (χ0) is 20.8. The van der Waals surface area contributed by atoms with Gasteiger partial charge in [0.25, 0.3) is 5.56 Å². The number of nitrogens with one attached hydrogen (secondary N) is 1. The number of nitrogens with zero attached hydrogens (tertiary/aromatic N) is 4. The van der Waals surface area contributed by atoms with E-state index < -0.39 is 27.2 Å². The molecule has 0 saturated carbocycles. The van der Waals surface area contributed by atoms with Gasteiger partial charge in [0.2, 0.25) is 21.2 Å². The van der Waals surface area contributed by atoms with E-state index in [1.54, 1.807) is 0 Å². The standard InChI is InChI=1S/C15H15ClN6O5S/c1-20-12-11(13(24)21(2)15(20)25)22(14(16)19-12)7-10(23)18-8-3-5-9(6-4-8)28(17,26)27/h3-6H,7H2,1-2H3,(H,18,23)(H2,17,26,27). The van der Waals surface area contributed by atoms with Crippen molar-refractivity contribution in [1.82, 2.24) is 18.7 Å². The molecule has 0 aliphatic rings. The second kappa shape index (κ2) is 6.89. The van der Waals surface area contributed by atoms with Crippen LogP contribution in [0.1, 0.15) is 0 Å². The van der Waals surface area contributed by atoms with Crippen LogP contribution in [0, 0.1) is 0 Å². The molecule has 2 heterocycles. The fraction of sp³-hybridized carbons (Fsp3) is 0.200. The number of anilines is 1. The van der Waals surface area contributed by atoms with Gasteiger partial charge in [0, 0.05) is 19.8 Å². The molecule has 1 amide bonds. The Morgan fingerprint density at radius 2 is 1.79 bits per heavy atom. The number of rotatable bonds is 4. The summed E-state index contributed by atoms with van der Waals surface area (Å²) in [6.07, 6.45) is 0. The number of imidazole rings is 1. The second-order valence-corrected chi connectivity index (χ2v) is 7.86. The average Bonchev–Trinajstić information content (AvgIpc) is 2.94. The molecule has 0 aliphatic heterocycles. The van der Waals surface area contributed by atoms with E-state index in [1.807, 2.05) is 0 Å². The highest BCUT2D eigenvalue weighted by atomic mass is 35.5. The number of carbonyl (C=O) groups is 1. The van der Waals surface area contributed by atoms with E-state index in [9.17, 15) is 22.8 Å². The highest BCUT2D eigenvalue weighted by Gasteiger charge is 2.20. The van der Waals surface area contributed by atoms with Gasteiger partial charge in [0.15, 0.2) is 11.2 Å². The van der Waals surface area contributed by atoms with Crippen molar-refractivity contribution in [3.05, 3.63) is 50.4 Å². The molecular weight excluding hydrogens is 412 g/mol. The monoisotopic (exact) mass is 426 g/mol. The molecule has 3 N–H and O–H groups in total. The van der Waals surface area contributed by atoms with Gasteiger partial charge in [-0.2, -0.15) is 4.98 Å². The molecule has 148 valence electrons. The number of fused-ring (bicyclic) bond motifs is 1. The van der Waals surface area contributed by atoms with Crippen molar-refractivity contribution in [1.29, 1.82) is 0 Å². The maximum atomic E-state index is 12.4. The lowest BCUT2D eigenvalue weighted by Crippen LogP contribution is -2.37. The lowest BCUT2D eigenvalue weighted by molar-refractivity contribution is -0.116. The van der Waals surface area contributed by atoms with Crippen molar-refractivity contribution < 1.29 is 13.2 Å². The molecule has 3 rings (SSSR count). The fourth-order valence-corrected chi connectivity index (χ4v) is 3.38. The Labute approximate surface area is 163 Å². The molecule has 0 radical (unpaired) electrons. The molecule has 1 aromatic carbocycles. The van der Waals surface area contributed by atoms with Crippen LogP contribution in [0.25, 0.3) is 11.2 Å². The first-order valence-corrected chi connectivity index (χ1v) is 9.67. The number of halogens is 1. The third-order valence-electron chi connectivity index (χ3n) is 4.07. The maximum absolute atomic E-state index is 12.4. The molecule has 28 heavy (non-hydrogen) atoms. The van der Waals surface area contributed by atoms with Gasteiger partial charge in [-0.1, -0.05) is 0 Å². The van der Waals surface area contributed by atoms with Gasteiger partial charge in [0.05, 0.1) is 4.90 Å². The number of aryl methyl sites for hydroxylation is 1. The smallest absolute Gasteiger partial charge is 0.325 e. The van der Waals surface area contributed by atoms with Crippen LogP contribution < -0.4 is 21.7 Å². The van der Waals surface area contributed by atoms with Crippen molar-refractivity contribution in [2.24, 2.45) is 19.2 Å². The Morgan fingerprint density at radius 1 is 1.18 bits per heavy atom. The molecule has 0 bridgehead atoms. The van der Waals surface area contributed by atoms with Crippen LogP contribution in [0.2, 0.25) is 5.28 Å². The van der Waals surface area contributed by atoms with Crippen molar-refractivity contribution in [2.45, 2.75) is 11.4 Å². The maximum Gasteiger partial charge on any atom is 0.332 e. The summed E-state index contributed by atoms with van der Waals surface area (Å²) < 4.78 is 25.8. The molecule has 0 spiro atoms. The summed E-state index contributed by atoms with van der Waals surface area (Å²) in [6, 6.07) is 5.23. The highest BCUT2D eigenvalue weighted by Crippen LogP contribution is 2.17. The molecule has 0 atom stereocenters. The van der Waals surface area contributed by atoms with Gasteiger partial charge in [-0.15, -0.1) is 0 Å². The lowest BCUT2D eigenvalue weighted by Gasteiger charge is -2.09. The molecule has 0 aliphatic carbocycles. The third kappa shape index (κ3) is 3.44. The van der Waals surface area contributed by atoms with Crippen LogP contribution in [-0.4, -0.2) is 33.0 Å². The first-order chi connectivity index (χ1) is 13.0. The van der Waals surface area contributed by atoms with E-state index in [0.29, 0.717) is 5.69 Å². The third-order valence-corrected chi connectivity index (χ3v) is 5.29. The summed E-state index contributed by atoms with van der Waals surface area (Å²) in [4.78, 5) is 40.7. The van der Waals surface area contributed by atoms with Crippen molar-refractivity contribution in [3.8, 4) is 0 Å². The van der Waals surface area contributed by atoms with E-state index in [0.717, 1.165) is 9.13 Å². The topological polar surface area (TPSA) is 151 Å². The van der Waals surface area contributed by atoms with E-state index in [2.05, 4.69) is 10.3 Å². The summed E-state index contributed by atoms with van der Waals surface area (Å²) in [7, 11) is -1.10. The largest absolute Gasteiger partial charge is 0.332 e. The Hall–Kier alpha value is -2.96. The molecule has 3 aromatic rings. The summed E-state index contributed by atoms with van der Waals surface area (Å²) in [6.45, 7) is -0.348. The number of hydrogen-bond donors (Lipinski definition) is 2. The quantitative estimate of drug-likeness (QED) is 0.530. The van der Waals surface area contributed by atoms with Gasteiger partial charge < -0.3 is 5.32 Å². The fourth-order valence-electron chi connectivity index (χ4n) is 2.64. The van der Waals surface area contributed by atoms with Crippen molar-refractivity contribution in [3.63, 3.8) is 0 Å². The minimum Gasteiger partial charge on any atom is -0.325 e. The average molecular weight is 427 g/mol. The van der Waals surface area contributed by atoms with Crippen LogP contribution in [0.4, 0.5) is 5.69 Å². The first-order valence-electron chi connectivity index (χ1n) is 7.75.